The van der Waals surface area contributed by atoms with Gasteiger partial charge in [0.05, 0.1) is 23.2 Å². The number of nitrogens with one attached hydrogen (secondary N) is 1. The molecular weight excluding hydrogens is 457 g/mol. The van der Waals surface area contributed by atoms with E-state index in [9.17, 15) is 22.8 Å². The summed E-state index contributed by atoms with van der Waals surface area (Å²) in [6.07, 6.45) is -0.708. The zero-order chi connectivity index (χ0) is 24.7. The van der Waals surface area contributed by atoms with Gasteiger partial charge in [0.1, 0.15) is 6.54 Å². The first-order chi connectivity index (χ1) is 16.7. The SMILES string of the molecule is Cc1cc2c(n1-c1cccc(C(F)(F)F)c1)CCCC2NC(=O)Cn1ncc2ccccc2c1=O. The molecular formula is C26H23F3N4O2. The summed E-state index contributed by atoms with van der Waals surface area (Å²) in [7, 11) is 0. The molecule has 0 bridgehead atoms. The molecule has 2 aromatic carbocycles. The number of amides is 1. The van der Waals surface area contributed by atoms with Gasteiger partial charge in [-0.25, -0.2) is 4.68 Å². The van der Waals surface area contributed by atoms with Gasteiger partial charge in [0.2, 0.25) is 5.91 Å². The molecule has 6 nitrogen and oxygen atoms in total. The quantitative estimate of drug-likeness (QED) is 0.460. The van der Waals surface area contributed by atoms with Crippen molar-refractivity contribution in [3.63, 3.8) is 0 Å². The number of halogens is 3. The normalized spacial score (nSPS) is 15.7. The summed E-state index contributed by atoms with van der Waals surface area (Å²) in [6.45, 7) is 1.62. The molecule has 0 fully saturated rings. The molecule has 1 aliphatic carbocycles. The van der Waals surface area contributed by atoms with E-state index in [1.807, 2.05) is 23.6 Å². The Morgan fingerprint density at radius 2 is 1.94 bits per heavy atom. The van der Waals surface area contributed by atoms with Gasteiger partial charge in [0.25, 0.3) is 5.56 Å². The number of carbonyl (C=O) groups is 1. The summed E-state index contributed by atoms with van der Waals surface area (Å²) in [4.78, 5) is 25.5. The predicted octanol–water partition coefficient (Wildman–Crippen LogP) is 4.71. The van der Waals surface area contributed by atoms with Crippen LogP contribution >= 0.6 is 0 Å². The number of hydrogen-bond donors (Lipinski definition) is 1. The first kappa shape index (κ1) is 22.9. The van der Waals surface area contributed by atoms with Crippen molar-refractivity contribution in [1.82, 2.24) is 19.7 Å². The number of nitrogens with zero attached hydrogens (tertiary/aromatic N) is 3. The third kappa shape index (κ3) is 4.34. The molecule has 1 atom stereocenters. The molecule has 9 heteroatoms. The van der Waals surface area contributed by atoms with Gasteiger partial charge in [0.15, 0.2) is 0 Å². The number of aryl methyl sites for hydroxylation is 1. The molecule has 0 saturated carbocycles. The summed E-state index contributed by atoms with van der Waals surface area (Å²) >= 11 is 0. The second-order valence-corrected chi connectivity index (χ2v) is 8.78. The van der Waals surface area contributed by atoms with E-state index in [0.29, 0.717) is 29.3 Å². The van der Waals surface area contributed by atoms with Gasteiger partial charge < -0.3 is 9.88 Å². The van der Waals surface area contributed by atoms with Crippen LogP contribution in [-0.2, 0) is 23.9 Å². The Morgan fingerprint density at radius 1 is 1.14 bits per heavy atom. The van der Waals surface area contributed by atoms with Gasteiger partial charge >= 0.3 is 6.18 Å². The van der Waals surface area contributed by atoms with Crippen molar-refractivity contribution in [2.24, 2.45) is 0 Å². The lowest BCUT2D eigenvalue weighted by Gasteiger charge is -2.25. The molecule has 1 aliphatic rings. The summed E-state index contributed by atoms with van der Waals surface area (Å²) in [5.74, 6) is -0.350. The van der Waals surface area contributed by atoms with Crippen molar-refractivity contribution in [3.8, 4) is 5.69 Å². The van der Waals surface area contributed by atoms with Crippen LogP contribution in [0.25, 0.3) is 16.5 Å². The lowest BCUT2D eigenvalue weighted by Crippen LogP contribution is -2.36. The van der Waals surface area contributed by atoms with Gasteiger partial charge in [-0.2, -0.15) is 18.3 Å². The number of rotatable bonds is 4. The Balaban J connectivity index is 1.41. The fourth-order valence-electron chi connectivity index (χ4n) is 4.85. The van der Waals surface area contributed by atoms with Crippen molar-refractivity contribution >= 4 is 16.7 Å². The van der Waals surface area contributed by atoms with Crippen LogP contribution in [0.3, 0.4) is 0 Å². The van der Waals surface area contributed by atoms with E-state index in [1.165, 1.54) is 6.07 Å². The lowest BCUT2D eigenvalue weighted by molar-refractivity contribution is -0.137. The van der Waals surface area contributed by atoms with Crippen LogP contribution in [0, 0.1) is 6.92 Å². The second-order valence-electron chi connectivity index (χ2n) is 8.78. The minimum atomic E-state index is -4.43. The maximum absolute atomic E-state index is 13.3. The summed E-state index contributed by atoms with van der Waals surface area (Å²) in [6, 6.07) is 13.9. The maximum Gasteiger partial charge on any atom is 0.416 e. The highest BCUT2D eigenvalue weighted by molar-refractivity contribution is 5.81. The van der Waals surface area contributed by atoms with Crippen LogP contribution in [0.5, 0.6) is 0 Å². The van der Waals surface area contributed by atoms with E-state index in [0.717, 1.165) is 40.2 Å². The third-order valence-electron chi connectivity index (χ3n) is 6.42. The largest absolute Gasteiger partial charge is 0.416 e. The van der Waals surface area contributed by atoms with E-state index in [-0.39, 0.29) is 24.1 Å². The highest BCUT2D eigenvalue weighted by Gasteiger charge is 2.31. The number of hydrogen-bond acceptors (Lipinski definition) is 3. The monoisotopic (exact) mass is 480 g/mol. The molecule has 0 saturated heterocycles. The topological polar surface area (TPSA) is 68.9 Å². The average Bonchev–Trinajstić information content (AvgIpc) is 3.17. The van der Waals surface area contributed by atoms with Gasteiger partial charge in [0, 0.05) is 22.5 Å². The van der Waals surface area contributed by atoms with Gasteiger partial charge in [-0.15, -0.1) is 0 Å². The second kappa shape index (κ2) is 8.72. The standard InChI is InChI=1S/C26H23F3N4O2/c1-16-12-21-22(31-24(34)15-32-25(35)20-9-3-2-6-17(20)14-30-32)10-5-11-23(21)33(16)19-8-4-7-18(13-19)26(27,28)29/h2-4,6-9,12-14,22H,5,10-11,15H2,1H3,(H,31,34). The van der Waals surface area contributed by atoms with Gasteiger partial charge in [-0.1, -0.05) is 24.3 Å². The molecule has 1 N–H and O–H groups in total. The molecule has 1 amide bonds. The Hall–Kier alpha value is -3.88. The third-order valence-corrected chi connectivity index (χ3v) is 6.42. The number of fused-ring (bicyclic) bond motifs is 2. The van der Waals surface area contributed by atoms with E-state index in [2.05, 4.69) is 10.4 Å². The van der Waals surface area contributed by atoms with Gasteiger partial charge in [-0.3, -0.25) is 9.59 Å². The number of aromatic nitrogens is 3. The highest BCUT2D eigenvalue weighted by atomic mass is 19.4. The molecule has 2 heterocycles. The molecule has 2 aromatic heterocycles. The molecule has 35 heavy (non-hydrogen) atoms. The van der Waals surface area contributed by atoms with Crippen molar-refractivity contribution in [2.75, 3.05) is 0 Å². The van der Waals surface area contributed by atoms with Gasteiger partial charge in [-0.05, 0) is 62.1 Å². The molecule has 4 aromatic rings. The van der Waals surface area contributed by atoms with E-state index in [4.69, 9.17) is 0 Å². The van der Waals surface area contributed by atoms with Crippen LogP contribution in [0.15, 0.2) is 65.6 Å². The summed E-state index contributed by atoms with van der Waals surface area (Å²) in [5, 5.41) is 8.31. The predicted molar refractivity (Wildman–Crippen MR) is 125 cm³/mol. The maximum atomic E-state index is 13.3. The number of alkyl halides is 3. The summed E-state index contributed by atoms with van der Waals surface area (Å²) in [5.41, 5.74) is 1.97. The van der Waals surface area contributed by atoms with Crippen LogP contribution < -0.4 is 10.9 Å². The Bertz CT molecular complexity index is 1490. The van der Waals surface area contributed by atoms with Crippen molar-refractivity contribution in [3.05, 3.63) is 93.7 Å². The molecule has 0 spiro atoms. The molecule has 1 unspecified atom stereocenters. The van der Waals surface area contributed by atoms with Crippen LogP contribution in [0.1, 0.15) is 41.4 Å². The fraction of sp³-hybridized carbons (Fsp3) is 0.269. The Labute approximate surface area is 199 Å². The first-order valence-electron chi connectivity index (χ1n) is 11.4. The van der Waals surface area contributed by atoms with Crippen molar-refractivity contribution in [1.29, 1.82) is 0 Å². The molecule has 5 rings (SSSR count). The van der Waals surface area contributed by atoms with E-state index < -0.39 is 11.7 Å². The average molecular weight is 480 g/mol. The zero-order valence-electron chi connectivity index (χ0n) is 19.0. The molecule has 180 valence electrons. The minimum Gasteiger partial charge on any atom is -0.348 e. The lowest BCUT2D eigenvalue weighted by atomic mass is 9.92. The smallest absolute Gasteiger partial charge is 0.348 e. The Morgan fingerprint density at radius 3 is 2.74 bits per heavy atom. The summed E-state index contributed by atoms with van der Waals surface area (Å²) < 4.78 is 42.8. The zero-order valence-corrected chi connectivity index (χ0v) is 19.0. The van der Waals surface area contributed by atoms with Crippen molar-refractivity contribution < 1.29 is 18.0 Å². The minimum absolute atomic E-state index is 0.219. The molecule has 0 aliphatic heterocycles. The number of benzene rings is 2. The Kier molecular flexibility index (Phi) is 5.70. The van der Waals surface area contributed by atoms with Crippen LogP contribution in [-0.4, -0.2) is 20.3 Å². The molecule has 0 radical (unpaired) electrons. The number of carbonyl (C=O) groups excluding carboxylic acids is 1. The first-order valence-corrected chi connectivity index (χ1v) is 11.4. The van der Waals surface area contributed by atoms with E-state index >= 15 is 0 Å². The van der Waals surface area contributed by atoms with E-state index in [1.54, 1.807) is 30.5 Å². The highest BCUT2D eigenvalue weighted by Crippen LogP contribution is 2.36. The fourth-order valence-corrected chi connectivity index (χ4v) is 4.85. The van der Waals surface area contributed by atoms with Crippen LogP contribution in [0.2, 0.25) is 0 Å². The van der Waals surface area contributed by atoms with Crippen molar-refractivity contribution in [2.45, 2.75) is 44.9 Å². The van der Waals surface area contributed by atoms with Crippen LogP contribution in [0.4, 0.5) is 13.2 Å².